The normalized spacial score (nSPS) is 10.7. The Hall–Kier alpha value is -4.04. The number of benzene rings is 3. The molecule has 0 atom stereocenters. The summed E-state index contributed by atoms with van der Waals surface area (Å²) in [6.07, 6.45) is 1.48. The first-order valence-electron chi connectivity index (χ1n) is 11.6. The van der Waals surface area contributed by atoms with Crippen LogP contribution in [-0.2, 0) is 17.8 Å². The Balaban J connectivity index is 1.30. The van der Waals surface area contributed by atoms with Crippen LogP contribution in [0.3, 0.4) is 0 Å². The second kappa shape index (κ2) is 13.7. The molecule has 2 N–H and O–H groups in total. The fourth-order valence-corrected chi connectivity index (χ4v) is 4.84. The number of halogens is 1. The zero-order valence-corrected chi connectivity index (χ0v) is 24.0. The SMILES string of the molecule is COc1ccc(C(=O)Nc2nnc(CC(=O)NN=Cc3cc(I)c(OCc4ccccc4)c(OC)c3)s2)cc1. The molecule has 0 aliphatic carbocycles. The average molecular weight is 657 g/mol. The van der Waals surface area contributed by atoms with E-state index >= 15 is 0 Å². The summed E-state index contributed by atoms with van der Waals surface area (Å²) in [6, 6.07) is 20.2. The summed E-state index contributed by atoms with van der Waals surface area (Å²) in [6.45, 7) is 0.412. The van der Waals surface area contributed by atoms with Gasteiger partial charge in [-0.05, 0) is 70.1 Å². The van der Waals surface area contributed by atoms with Crippen molar-refractivity contribution >= 4 is 57.1 Å². The van der Waals surface area contributed by atoms with Crippen molar-refractivity contribution in [3.05, 3.63) is 92.0 Å². The third kappa shape index (κ3) is 7.97. The molecule has 1 heterocycles. The van der Waals surface area contributed by atoms with Gasteiger partial charge < -0.3 is 14.2 Å². The minimum Gasteiger partial charge on any atom is -0.497 e. The van der Waals surface area contributed by atoms with Crippen LogP contribution in [0.1, 0.15) is 26.5 Å². The average Bonchev–Trinajstić information content (AvgIpc) is 3.39. The third-order valence-electron chi connectivity index (χ3n) is 5.23. The van der Waals surface area contributed by atoms with Gasteiger partial charge in [-0.3, -0.25) is 14.9 Å². The number of methoxy groups -OCH3 is 2. The van der Waals surface area contributed by atoms with Gasteiger partial charge in [0.2, 0.25) is 11.0 Å². The lowest BCUT2D eigenvalue weighted by Gasteiger charge is -2.13. The van der Waals surface area contributed by atoms with Crippen LogP contribution < -0.4 is 25.0 Å². The van der Waals surface area contributed by atoms with E-state index in [9.17, 15) is 9.59 Å². The fourth-order valence-electron chi connectivity index (χ4n) is 3.33. The topological polar surface area (TPSA) is 124 Å². The number of hydrazone groups is 1. The molecular formula is C27H24IN5O5S. The van der Waals surface area contributed by atoms with E-state index in [1.165, 1.54) is 6.21 Å². The lowest BCUT2D eigenvalue weighted by molar-refractivity contribution is -0.120. The Morgan fingerprint density at radius 2 is 1.79 bits per heavy atom. The number of nitrogens with one attached hydrogen (secondary N) is 2. The predicted octanol–water partition coefficient (Wildman–Crippen LogP) is 4.68. The minimum atomic E-state index is -0.375. The van der Waals surface area contributed by atoms with E-state index in [1.807, 2.05) is 36.4 Å². The highest BCUT2D eigenvalue weighted by Gasteiger charge is 2.14. The largest absolute Gasteiger partial charge is 0.497 e. The van der Waals surface area contributed by atoms with Crippen LogP contribution in [0.4, 0.5) is 5.13 Å². The lowest BCUT2D eigenvalue weighted by Crippen LogP contribution is -2.19. The van der Waals surface area contributed by atoms with Crippen LogP contribution >= 0.6 is 33.9 Å². The maximum Gasteiger partial charge on any atom is 0.257 e. The number of anilines is 1. The van der Waals surface area contributed by atoms with E-state index in [2.05, 4.69) is 48.6 Å². The molecule has 12 heteroatoms. The number of aromatic nitrogens is 2. The maximum atomic E-state index is 12.4. The van der Waals surface area contributed by atoms with E-state index in [-0.39, 0.29) is 18.2 Å². The van der Waals surface area contributed by atoms with E-state index in [0.717, 1.165) is 26.0 Å². The van der Waals surface area contributed by atoms with Crippen LogP contribution in [0.2, 0.25) is 0 Å². The third-order valence-corrected chi connectivity index (χ3v) is 6.87. The molecule has 0 radical (unpaired) electrons. The molecule has 0 fully saturated rings. The van der Waals surface area contributed by atoms with Crippen molar-refractivity contribution in [3.63, 3.8) is 0 Å². The van der Waals surface area contributed by atoms with Crippen LogP contribution in [0.5, 0.6) is 17.2 Å². The Morgan fingerprint density at radius 3 is 2.51 bits per heavy atom. The number of hydrogen-bond donors (Lipinski definition) is 2. The van der Waals surface area contributed by atoms with Crippen LogP contribution in [0, 0.1) is 3.57 Å². The monoisotopic (exact) mass is 657 g/mol. The highest BCUT2D eigenvalue weighted by Crippen LogP contribution is 2.34. The van der Waals surface area contributed by atoms with Gasteiger partial charge in [-0.25, -0.2) is 5.43 Å². The molecule has 0 aliphatic heterocycles. The van der Waals surface area contributed by atoms with Gasteiger partial charge in [0, 0.05) is 5.56 Å². The molecule has 3 aromatic carbocycles. The zero-order chi connectivity index (χ0) is 27.6. The number of carbonyl (C=O) groups excluding carboxylic acids is 2. The van der Waals surface area contributed by atoms with Gasteiger partial charge >= 0.3 is 0 Å². The molecule has 39 heavy (non-hydrogen) atoms. The van der Waals surface area contributed by atoms with Crippen molar-refractivity contribution in [2.45, 2.75) is 13.0 Å². The van der Waals surface area contributed by atoms with E-state index in [0.29, 0.717) is 39.6 Å². The van der Waals surface area contributed by atoms with E-state index in [1.54, 1.807) is 44.6 Å². The highest BCUT2D eigenvalue weighted by atomic mass is 127. The number of amides is 2. The quantitative estimate of drug-likeness (QED) is 0.136. The second-order valence-corrected chi connectivity index (χ2v) is 10.2. The molecule has 10 nitrogen and oxygen atoms in total. The number of rotatable bonds is 11. The number of ether oxygens (including phenoxy) is 3. The van der Waals surface area contributed by atoms with Crippen LogP contribution in [0.25, 0.3) is 0 Å². The van der Waals surface area contributed by atoms with Crippen LogP contribution in [-0.4, -0.2) is 42.4 Å². The number of nitrogens with zero attached hydrogens (tertiary/aromatic N) is 3. The Labute approximate surface area is 242 Å². The first-order chi connectivity index (χ1) is 18.9. The predicted molar refractivity (Wildman–Crippen MR) is 157 cm³/mol. The molecule has 4 rings (SSSR count). The molecular weight excluding hydrogens is 633 g/mol. The van der Waals surface area contributed by atoms with Crippen LogP contribution in [0.15, 0.2) is 71.8 Å². The molecule has 1 aromatic heterocycles. The summed E-state index contributed by atoms with van der Waals surface area (Å²) in [5.41, 5.74) is 4.70. The van der Waals surface area contributed by atoms with Crippen molar-refractivity contribution < 1.29 is 23.8 Å². The van der Waals surface area contributed by atoms with Gasteiger partial charge in [0.05, 0.1) is 30.4 Å². The highest BCUT2D eigenvalue weighted by molar-refractivity contribution is 14.1. The van der Waals surface area contributed by atoms with Crippen molar-refractivity contribution in [1.82, 2.24) is 15.6 Å². The van der Waals surface area contributed by atoms with E-state index < -0.39 is 0 Å². The van der Waals surface area contributed by atoms with Gasteiger partial charge in [-0.15, -0.1) is 10.2 Å². The van der Waals surface area contributed by atoms with Gasteiger partial charge in [-0.1, -0.05) is 41.7 Å². The van der Waals surface area contributed by atoms with Crippen molar-refractivity contribution in [2.75, 3.05) is 19.5 Å². The summed E-state index contributed by atoms with van der Waals surface area (Å²) in [5.74, 6) is 1.13. The lowest BCUT2D eigenvalue weighted by atomic mass is 10.2. The summed E-state index contributed by atoms with van der Waals surface area (Å²) < 4.78 is 17.4. The molecule has 4 aromatic rings. The molecule has 0 saturated heterocycles. The van der Waals surface area contributed by atoms with Crippen molar-refractivity contribution in [2.24, 2.45) is 5.10 Å². The van der Waals surface area contributed by atoms with Gasteiger partial charge in [0.1, 0.15) is 17.4 Å². The standard InChI is InChI=1S/C27H24IN5O5S/c1-36-20-10-8-19(9-11-20)26(35)30-27-33-32-24(39-27)14-23(34)31-29-15-18-12-21(28)25(22(13-18)37-2)38-16-17-6-4-3-5-7-17/h3-13,15H,14,16H2,1-2H3,(H,31,34)(H,30,33,35). The molecule has 0 spiro atoms. The Morgan fingerprint density at radius 1 is 1.03 bits per heavy atom. The van der Waals surface area contributed by atoms with Gasteiger partial charge in [-0.2, -0.15) is 5.10 Å². The minimum absolute atomic E-state index is 0.0411. The maximum absolute atomic E-state index is 12.4. The first kappa shape index (κ1) is 28.0. The number of carbonyl (C=O) groups is 2. The molecule has 0 unspecified atom stereocenters. The van der Waals surface area contributed by atoms with Crippen molar-refractivity contribution in [3.8, 4) is 17.2 Å². The smallest absolute Gasteiger partial charge is 0.257 e. The molecule has 0 bridgehead atoms. The second-order valence-electron chi connectivity index (χ2n) is 7.96. The van der Waals surface area contributed by atoms with Gasteiger partial charge in [0.25, 0.3) is 5.91 Å². The van der Waals surface area contributed by atoms with Crippen molar-refractivity contribution in [1.29, 1.82) is 0 Å². The fraction of sp³-hybridized carbons (Fsp3) is 0.148. The Kier molecular flexibility index (Phi) is 9.80. The van der Waals surface area contributed by atoms with E-state index in [4.69, 9.17) is 14.2 Å². The zero-order valence-electron chi connectivity index (χ0n) is 21.0. The Bertz CT molecular complexity index is 1460. The summed E-state index contributed by atoms with van der Waals surface area (Å²) in [4.78, 5) is 24.7. The summed E-state index contributed by atoms with van der Waals surface area (Å²) in [5, 5.41) is 15.3. The first-order valence-corrected chi connectivity index (χ1v) is 13.5. The van der Waals surface area contributed by atoms with Gasteiger partial charge in [0.15, 0.2) is 11.5 Å². The molecule has 2 amide bonds. The molecule has 200 valence electrons. The summed E-state index contributed by atoms with van der Waals surface area (Å²) >= 11 is 3.28. The molecule has 0 aliphatic rings. The summed E-state index contributed by atoms with van der Waals surface area (Å²) in [7, 11) is 3.12. The molecule has 0 saturated carbocycles. The number of hydrogen-bond acceptors (Lipinski definition) is 9.